The monoisotopic (exact) mass is 232 g/mol. The second-order valence-corrected chi connectivity index (χ2v) is 3.77. The summed E-state index contributed by atoms with van der Waals surface area (Å²) in [6.07, 6.45) is -0.391. The molecule has 0 aliphatic carbocycles. The lowest BCUT2D eigenvalue weighted by Crippen LogP contribution is -2.16. The maximum absolute atomic E-state index is 12.0. The predicted octanol–water partition coefficient (Wildman–Crippen LogP) is 2.96. The summed E-state index contributed by atoms with van der Waals surface area (Å²) in [5.41, 5.74) is 1.30. The highest BCUT2D eigenvalue weighted by molar-refractivity contribution is 5.35. The van der Waals surface area contributed by atoms with Crippen LogP contribution in [0.5, 0.6) is 0 Å². The molecule has 0 spiro atoms. The van der Waals surface area contributed by atoms with Crippen molar-refractivity contribution in [2.75, 3.05) is 0 Å². The van der Waals surface area contributed by atoms with Crippen LogP contribution >= 0.6 is 0 Å². The lowest BCUT2D eigenvalue weighted by Gasteiger charge is -2.08. The van der Waals surface area contributed by atoms with Crippen LogP contribution in [0.25, 0.3) is 5.69 Å². The van der Waals surface area contributed by atoms with Gasteiger partial charge in [0.15, 0.2) is 0 Å². The first-order valence-corrected chi connectivity index (χ1v) is 5.49. The van der Waals surface area contributed by atoms with E-state index in [4.69, 9.17) is 6.85 Å². The van der Waals surface area contributed by atoms with Gasteiger partial charge in [0.1, 0.15) is 0 Å². The lowest BCUT2D eigenvalue weighted by molar-refractivity contribution is 0.950. The van der Waals surface area contributed by atoms with Gasteiger partial charge in [0.25, 0.3) is 5.56 Å². The Hall–Kier alpha value is -1.83. The van der Waals surface area contributed by atoms with E-state index in [-0.39, 0.29) is 11.1 Å². The van der Waals surface area contributed by atoms with Gasteiger partial charge in [-0.3, -0.25) is 9.36 Å². The highest BCUT2D eigenvalue weighted by Gasteiger charge is 2.00. The number of nitrogens with zero attached hydrogens (tertiary/aromatic N) is 1. The number of rotatable bonds is 3. The molecule has 1 aromatic carbocycles. The van der Waals surface area contributed by atoms with Crippen LogP contribution in [0.3, 0.4) is 0 Å². The third-order valence-electron chi connectivity index (χ3n) is 2.68. The van der Waals surface area contributed by atoms with Gasteiger partial charge < -0.3 is 0 Å². The molecular formula is C15H17NO. The fourth-order valence-electron chi connectivity index (χ4n) is 1.66. The van der Waals surface area contributed by atoms with Crippen LogP contribution in [-0.2, 0) is 12.8 Å². The maximum atomic E-state index is 12.0. The molecule has 0 aliphatic heterocycles. The summed E-state index contributed by atoms with van der Waals surface area (Å²) in [6.45, 7) is -0.784. The van der Waals surface area contributed by atoms with E-state index < -0.39 is 13.2 Å². The maximum Gasteiger partial charge on any atom is 0.255 e. The van der Waals surface area contributed by atoms with Crippen LogP contribution in [0.2, 0.25) is 0 Å². The number of pyridine rings is 1. The number of aryl methyl sites for hydroxylation is 2. The highest BCUT2D eigenvalue weighted by atomic mass is 16.1. The first-order chi connectivity index (χ1) is 10.2. The highest BCUT2D eigenvalue weighted by Crippen LogP contribution is 2.09. The molecular weight excluding hydrogens is 210 g/mol. The Morgan fingerprint density at radius 3 is 2.53 bits per heavy atom. The first-order valence-electron chi connectivity index (χ1n) is 7.99. The molecule has 2 heteroatoms. The van der Waals surface area contributed by atoms with E-state index in [9.17, 15) is 4.79 Å². The van der Waals surface area contributed by atoms with Crippen LogP contribution in [-0.4, -0.2) is 4.57 Å². The molecule has 0 unspecified atom stereocenters. The lowest BCUT2D eigenvalue weighted by atomic mass is 10.1. The molecule has 17 heavy (non-hydrogen) atoms. The minimum Gasteiger partial charge on any atom is -0.284 e. The Morgan fingerprint density at radius 1 is 1.18 bits per heavy atom. The summed E-state index contributed by atoms with van der Waals surface area (Å²) in [6, 6.07) is 9.70. The molecule has 0 aliphatic rings. The fraction of sp³-hybridized carbons (Fsp3) is 0.267. The van der Waals surface area contributed by atoms with Crippen LogP contribution in [0.15, 0.2) is 47.4 Å². The normalized spacial score (nSPS) is 16.4. The molecule has 1 heterocycles. The van der Waals surface area contributed by atoms with E-state index in [1.807, 2.05) is 19.1 Å². The molecule has 0 fully saturated rings. The molecule has 2 nitrogen and oxygen atoms in total. The Labute approximate surface area is 109 Å². The van der Waals surface area contributed by atoms with Crippen molar-refractivity contribution in [1.29, 1.82) is 0 Å². The predicted molar refractivity (Wildman–Crippen MR) is 70.8 cm³/mol. The summed E-state index contributed by atoms with van der Waals surface area (Å²) in [5.74, 6) is 0. The van der Waals surface area contributed by atoms with Crippen molar-refractivity contribution in [3.63, 3.8) is 0 Å². The van der Waals surface area contributed by atoms with E-state index in [2.05, 4.69) is 0 Å². The molecule has 0 saturated carbocycles. The van der Waals surface area contributed by atoms with Crippen molar-refractivity contribution in [3.8, 4) is 5.69 Å². The van der Waals surface area contributed by atoms with Gasteiger partial charge >= 0.3 is 0 Å². The minimum absolute atomic E-state index is 0.0494. The molecule has 2 aromatic rings. The van der Waals surface area contributed by atoms with Crippen molar-refractivity contribution in [3.05, 3.63) is 64.1 Å². The van der Waals surface area contributed by atoms with Gasteiger partial charge in [-0.05, 0) is 36.1 Å². The van der Waals surface area contributed by atoms with Gasteiger partial charge in [0, 0.05) is 24.8 Å². The Bertz CT molecular complexity index is 716. The summed E-state index contributed by atoms with van der Waals surface area (Å²) in [7, 11) is 0. The van der Waals surface area contributed by atoms with E-state index >= 15 is 0 Å². The molecule has 0 amide bonds. The number of benzene rings is 1. The van der Waals surface area contributed by atoms with Crippen molar-refractivity contribution in [2.24, 2.45) is 0 Å². The Kier molecular flexibility index (Phi) is 2.00. The zero-order chi connectivity index (χ0) is 16.5. The molecule has 1 aromatic heterocycles. The smallest absolute Gasteiger partial charge is 0.255 e. The molecule has 2 rings (SSSR count). The molecule has 0 saturated heterocycles. The standard InChI is InChI=1S/C15H17NO/c1-3-12-5-8-14(9-6-12)16-11-13(4-2)7-10-15(16)17/h5-11H,3-4H2,1-2H3/i2D3,4D2. The van der Waals surface area contributed by atoms with Crippen LogP contribution in [0.4, 0.5) is 0 Å². The van der Waals surface area contributed by atoms with Crippen molar-refractivity contribution in [2.45, 2.75) is 26.6 Å². The molecule has 0 atom stereocenters. The van der Waals surface area contributed by atoms with E-state index in [1.165, 1.54) is 22.9 Å². The summed E-state index contributed by atoms with van der Waals surface area (Å²) >= 11 is 0. The largest absolute Gasteiger partial charge is 0.284 e. The first kappa shape index (κ1) is 6.80. The van der Waals surface area contributed by atoms with Crippen LogP contribution in [0, 0.1) is 0 Å². The average molecular weight is 232 g/mol. The summed E-state index contributed by atoms with van der Waals surface area (Å²) in [4.78, 5) is 12.0. The van der Waals surface area contributed by atoms with Gasteiger partial charge in [-0.2, -0.15) is 0 Å². The van der Waals surface area contributed by atoms with E-state index in [1.54, 1.807) is 12.1 Å². The Balaban J connectivity index is 2.54. The van der Waals surface area contributed by atoms with Crippen molar-refractivity contribution >= 4 is 0 Å². The number of hydrogen-bond acceptors (Lipinski definition) is 1. The van der Waals surface area contributed by atoms with Gasteiger partial charge in [-0.25, -0.2) is 0 Å². The van der Waals surface area contributed by atoms with E-state index in [0.717, 1.165) is 12.0 Å². The fourth-order valence-corrected chi connectivity index (χ4v) is 1.66. The van der Waals surface area contributed by atoms with Crippen LogP contribution < -0.4 is 5.56 Å². The molecule has 0 radical (unpaired) electrons. The van der Waals surface area contributed by atoms with Gasteiger partial charge in [-0.15, -0.1) is 0 Å². The van der Waals surface area contributed by atoms with Gasteiger partial charge in [0.05, 0.1) is 0 Å². The van der Waals surface area contributed by atoms with E-state index in [0.29, 0.717) is 5.69 Å². The third-order valence-corrected chi connectivity index (χ3v) is 2.68. The minimum atomic E-state index is -2.80. The Morgan fingerprint density at radius 2 is 1.88 bits per heavy atom. The second-order valence-electron chi connectivity index (χ2n) is 3.77. The molecule has 0 bridgehead atoms. The second kappa shape index (κ2) is 5.00. The SMILES string of the molecule is [2H]C([2H])([2H])C([2H])([2H])c1ccc(=O)n(-c2ccc(CC)cc2)c1. The number of hydrogen-bond donors (Lipinski definition) is 0. The summed E-state index contributed by atoms with van der Waals surface area (Å²) in [5, 5.41) is 0. The number of aromatic nitrogens is 1. The summed E-state index contributed by atoms with van der Waals surface area (Å²) < 4.78 is 38.8. The quantitative estimate of drug-likeness (QED) is 0.797. The zero-order valence-corrected chi connectivity index (χ0v) is 9.60. The van der Waals surface area contributed by atoms with Gasteiger partial charge in [0.2, 0.25) is 0 Å². The van der Waals surface area contributed by atoms with Crippen molar-refractivity contribution in [1.82, 2.24) is 4.57 Å². The van der Waals surface area contributed by atoms with Crippen LogP contribution in [0.1, 0.15) is 31.8 Å². The third kappa shape index (κ3) is 2.47. The molecule has 88 valence electrons. The average Bonchev–Trinajstić information content (AvgIpc) is 2.46. The topological polar surface area (TPSA) is 22.0 Å². The van der Waals surface area contributed by atoms with Crippen molar-refractivity contribution < 1.29 is 6.85 Å². The molecule has 0 N–H and O–H groups in total. The zero-order valence-electron chi connectivity index (χ0n) is 14.6. The van der Waals surface area contributed by atoms with Gasteiger partial charge in [-0.1, -0.05) is 32.0 Å².